The number of rotatable bonds is 5. The van der Waals surface area contributed by atoms with Gasteiger partial charge in [-0.2, -0.15) is 0 Å². The number of hydrogen-bond donors (Lipinski definition) is 0. The van der Waals surface area contributed by atoms with Crippen LogP contribution in [0.15, 0.2) is 41.5 Å². The van der Waals surface area contributed by atoms with E-state index in [0.29, 0.717) is 11.5 Å². The van der Waals surface area contributed by atoms with Crippen molar-refractivity contribution in [3.05, 3.63) is 42.2 Å². The lowest BCUT2D eigenvalue weighted by molar-refractivity contribution is 0.269. The van der Waals surface area contributed by atoms with Crippen molar-refractivity contribution in [3.63, 3.8) is 0 Å². The molecule has 4 heteroatoms. The summed E-state index contributed by atoms with van der Waals surface area (Å²) in [7, 11) is -3.22. The van der Waals surface area contributed by atoms with Gasteiger partial charge in [-0.1, -0.05) is 17.7 Å². The Morgan fingerprint density at radius 2 is 1.88 bits per heavy atom. The topological polar surface area (TPSA) is 43.4 Å². The molecule has 88 valence electrons. The maximum absolute atomic E-state index is 11.8. The van der Waals surface area contributed by atoms with Crippen LogP contribution in [0.3, 0.4) is 0 Å². The van der Waals surface area contributed by atoms with E-state index in [-0.39, 0.29) is 5.75 Å². The first-order valence-electron chi connectivity index (χ1n) is 5.12. The minimum absolute atomic E-state index is 0.0317. The summed E-state index contributed by atoms with van der Waals surface area (Å²) in [6, 6.07) is 6.83. The van der Waals surface area contributed by atoms with E-state index in [1.807, 2.05) is 13.8 Å². The van der Waals surface area contributed by atoms with Crippen molar-refractivity contribution < 1.29 is 13.2 Å². The molecule has 0 heterocycles. The number of ether oxygens (including phenoxy) is 1. The van der Waals surface area contributed by atoms with Crippen molar-refractivity contribution in [3.8, 4) is 0 Å². The van der Waals surface area contributed by atoms with E-state index < -0.39 is 9.84 Å². The SMILES string of the molecule is CCO/C=C\CS(=O)(=O)c1ccc(C)cc1. The highest BCUT2D eigenvalue weighted by Gasteiger charge is 2.11. The molecule has 0 radical (unpaired) electrons. The van der Waals surface area contributed by atoms with Crippen molar-refractivity contribution >= 4 is 9.84 Å². The summed E-state index contributed by atoms with van der Waals surface area (Å²) in [5.74, 6) is -0.0317. The quantitative estimate of drug-likeness (QED) is 0.742. The Kier molecular flexibility index (Phi) is 4.55. The summed E-state index contributed by atoms with van der Waals surface area (Å²) in [6.07, 6.45) is 2.93. The van der Waals surface area contributed by atoms with Crippen LogP contribution < -0.4 is 0 Å². The summed E-state index contributed by atoms with van der Waals surface area (Å²) in [5, 5.41) is 0. The summed E-state index contributed by atoms with van der Waals surface area (Å²) < 4.78 is 28.5. The van der Waals surface area contributed by atoms with Gasteiger partial charge in [-0.3, -0.25) is 0 Å². The molecule has 0 unspecified atom stereocenters. The van der Waals surface area contributed by atoms with E-state index in [1.165, 1.54) is 12.3 Å². The lowest BCUT2D eigenvalue weighted by Crippen LogP contribution is -2.04. The summed E-state index contributed by atoms with van der Waals surface area (Å²) >= 11 is 0. The molecule has 0 bridgehead atoms. The Bertz CT molecular complexity index is 444. The molecular formula is C12H16O3S. The fourth-order valence-corrected chi connectivity index (χ4v) is 2.25. The molecule has 0 aliphatic carbocycles. The first-order chi connectivity index (χ1) is 7.56. The summed E-state index contributed by atoms with van der Waals surface area (Å²) in [4.78, 5) is 0.347. The van der Waals surface area contributed by atoms with Crippen LogP contribution in [-0.4, -0.2) is 20.8 Å². The molecule has 0 spiro atoms. The van der Waals surface area contributed by atoms with Gasteiger partial charge in [-0.15, -0.1) is 0 Å². The van der Waals surface area contributed by atoms with Crippen LogP contribution in [-0.2, 0) is 14.6 Å². The number of hydrogen-bond acceptors (Lipinski definition) is 3. The van der Waals surface area contributed by atoms with Crippen molar-refractivity contribution in [2.45, 2.75) is 18.7 Å². The Morgan fingerprint density at radius 3 is 2.44 bits per heavy atom. The number of aryl methyl sites for hydroxylation is 1. The maximum Gasteiger partial charge on any atom is 0.182 e. The van der Waals surface area contributed by atoms with Crippen LogP contribution in [0.25, 0.3) is 0 Å². The molecule has 16 heavy (non-hydrogen) atoms. The van der Waals surface area contributed by atoms with E-state index in [9.17, 15) is 8.42 Å². The monoisotopic (exact) mass is 240 g/mol. The third-order valence-electron chi connectivity index (χ3n) is 2.05. The first-order valence-corrected chi connectivity index (χ1v) is 6.77. The lowest BCUT2D eigenvalue weighted by Gasteiger charge is -2.01. The third-order valence-corrected chi connectivity index (χ3v) is 3.68. The van der Waals surface area contributed by atoms with Crippen molar-refractivity contribution in [2.75, 3.05) is 12.4 Å². The average molecular weight is 240 g/mol. The first kappa shape index (κ1) is 12.8. The van der Waals surface area contributed by atoms with Crippen LogP contribution >= 0.6 is 0 Å². The molecule has 0 aromatic heterocycles. The van der Waals surface area contributed by atoms with Crippen LogP contribution in [0.2, 0.25) is 0 Å². The van der Waals surface area contributed by atoms with Gasteiger partial charge in [-0.05, 0) is 32.1 Å². The zero-order chi connectivity index (χ0) is 12.0. The second-order valence-corrected chi connectivity index (χ2v) is 5.46. The molecule has 0 fully saturated rings. The summed E-state index contributed by atoms with van der Waals surface area (Å²) in [6.45, 7) is 4.31. The molecule has 1 aromatic rings. The molecule has 0 saturated carbocycles. The van der Waals surface area contributed by atoms with E-state index in [0.717, 1.165) is 5.56 Å². The Balaban J connectivity index is 2.74. The van der Waals surface area contributed by atoms with Crippen molar-refractivity contribution in [2.24, 2.45) is 0 Å². The van der Waals surface area contributed by atoms with E-state index >= 15 is 0 Å². The smallest absolute Gasteiger partial charge is 0.182 e. The Labute approximate surface area is 96.7 Å². The van der Waals surface area contributed by atoms with Gasteiger partial charge in [0.05, 0.1) is 23.5 Å². The molecule has 1 aromatic carbocycles. The molecule has 0 aliphatic rings. The van der Waals surface area contributed by atoms with Crippen LogP contribution in [0, 0.1) is 6.92 Å². The van der Waals surface area contributed by atoms with E-state index in [4.69, 9.17) is 4.74 Å². The highest BCUT2D eigenvalue weighted by molar-refractivity contribution is 7.91. The molecule has 3 nitrogen and oxygen atoms in total. The minimum Gasteiger partial charge on any atom is -0.502 e. The van der Waals surface area contributed by atoms with Gasteiger partial charge in [0.25, 0.3) is 0 Å². The second kappa shape index (κ2) is 5.70. The van der Waals surface area contributed by atoms with Gasteiger partial charge in [-0.25, -0.2) is 8.42 Å². The Morgan fingerprint density at radius 1 is 1.25 bits per heavy atom. The normalized spacial score (nSPS) is 11.9. The largest absolute Gasteiger partial charge is 0.502 e. The minimum atomic E-state index is -3.22. The zero-order valence-corrected chi connectivity index (χ0v) is 10.3. The highest BCUT2D eigenvalue weighted by atomic mass is 32.2. The standard InChI is InChI=1S/C12H16O3S/c1-3-15-9-4-10-16(13,14)12-7-5-11(2)6-8-12/h4-9H,3,10H2,1-2H3/b9-4-. The average Bonchev–Trinajstić information content (AvgIpc) is 2.25. The molecule has 0 atom stereocenters. The van der Waals surface area contributed by atoms with Gasteiger partial charge >= 0.3 is 0 Å². The van der Waals surface area contributed by atoms with Crippen LogP contribution in [0.1, 0.15) is 12.5 Å². The fraction of sp³-hybridized carbons (Fsp3) is 0.333. The molecular weight excluding hydrogens is 224 g/mol. The van der Waals surface area contributed by atoms with Crippen LogP contribution in [0.5, 0.6) is 0 Å². The van der Waals surface area contributed by atoms with E-state index in [2.05, 4.69) is 0 Å². The van der Waals surface area contributed by atoms with Gasteiger partial charge in [0.2, 0.25) is 0 Å². The molecule has 0 N–H and O–H groups in total. The number of sulfone groups is 1. The predicted octanol–water partition coefficient (Wildman–Crippen LogP) is 2.32. The molecule has 0 aliphatic heterocycles. The van der Waals surface area contributed by atoms with Gasteiger partial charge in [0.15, 0.2) is 9.84 Å². The molecule has 0 amide bonds. The Hall–Kier alpha value is -1.29. The second-order valence-electron chi connectivity index (χ2n) is 3.42. The lowest BCUT2D eigenvalue weighted by atomic mass is 10.2. The predicted molar refractivity (Wildman–Crippen MR) is 64.0 cm³/mol. The maximum atomic E-state index is 11.8. The van der Waals surface area contributed by atoms with Crippen molar-refractivity contribution in [1.82, 2.24) is 0 Å². The summed E-state index contributed by atoms with van der Waals surface area (Å²) in [5.41, 5.74) is 1.05. The molecule has 1 rings (SSSR count). The van der Waals surface area contributed by atoms with Gasteiger partial charge in [0, 0.05) is 0 Å². The third kappa shape index (κ3) is 3.70. The number of benzene rings is 1. The van der Waals surface area contributed by atoms with Gasteiger partial charge < -0.3 is 4.74 Å². The fourth-order valence-electron chi connectivity index (χ4n) is 1.17. The highest BCUT2D eigenvalue weighted by Crippen LogP contribution is 2.12. The van der Waals surface area contributed by atoms with E-state index in [1.54, 1.807) is 24.3 Å². The van der Waals surface area contributed by atoms with Gasteiger partial charge in [0.1, 0.15) is 0 Å². The molecule has 0 saturated heterocycles. The van der Waals surface area contributed by atoms with Crippen LogP contribution in [0.4, 0.5) is 0 Å². The van der Waals surface area contributed by atoms with Crippen molar-refractivity contribution in [1.29, 1.82) is 0 Å². The zero-order valence-electron chi connectivity index (χ0n) is 9.51.